The standard InChI is InChI=1S/C40H46N4O5/c1-10-27-23(3)29(17-30-24(4)28(11-2)33(42-30)19-35-40(6,7)21-36(44-35)47-8)41-32(27)18-31-25(5)38(39(46)48-9)34(43-31)20-37(45)49-22-26-15-13-12-14-16-26/h12-19,42H,10-11,20-22H2,1-9H3/b29-17-,31-18-,35-19-. The highest BCUT2D eigenvalue weighted by atomic mass is 16.5. The molecule has 1 aromatic heterocycles. The highest BCUT2D eigenvalue weighted by molar-refractivity contribution is 6.27. The van der Waals surface area contributed by atoms with Crippen LogP contribution in [-0.4, -0.2) is 48.5 Å². The van der Waals surface area contributed by atoms with Crippen molar-refractivity contribution in [2.24, 2.45) is 20.4 Å². The van der Waals surface area contributed by atoms with E-state index in [4.69, 9.17) is 29.2 Å². The first kappa shape index (κ1) is 35.3. The predicted octanol–water partition coefficient (Wildman–Crippen LogP) is 8.18. The Labute approximate surface area is 289 Å². The third-order valence-electron chi connectivity index (χ3n) is 9.40. The van der Waals surface area contributed by atoms with Gasteiger partial charge in [0.25, 0.3) is 0 Å². The molecule has 5 rings (SSSR count). The molecular formula is C40H46N4O5. The fraction of sp³-hybridized carbons (Fsp3) is 0.375. The highest BCUT2D eigenvalue weighted by Crippen LogP contribution is 2.40. The second kappa shape index (κ2) is 14.6. The molecule has 0 atom stereocenters. The number of benzene rings is 1. The van der Waals surface area contributed by atoms with E-state index in [1.165, 1.54) is 18.2 Å². The molecule has 0 unspecified atom stereocenters. The normalized spacial score (nSPS) is 19.6. The van der Waals surface area contributed by atoms with Crippen molar-refractivity contribution in [2.45, 2.75) is 80.8 Å². The van der Waals surface area contributed by atoms with E-state index < -0.39 is 11.9 Å². The van der Waals surface area contributed by atoms with E-state index in [-0.39, 0.29) is 24.0 Å². The summed E-state index contributed by atoms with van der Waals surface area (Å²) in [5.74, 6) is -0.270. The number of nitrogens with one attached hydrogen (secondary N) is 1. The van der Waals surface area contributed by atoms with Gasteiger partial charge in [0.15, 0.2) is 5.90 Å². The molecule has 0 saturated heterocycles. The molecule has 9 heteroatoms. The van der Waals surface area contributed by atoms with Gasteiger partial charge in [-0.1, -0.05) is 58.0 Å². The molecule has 0 fully saturated rings. The maximum Gasteiger partial charge on any atom is 0.340 e. The molecule has 0 bridgehead atoms. The number of H-pyrrole nitrogens is 1. The number of methoxy groups -OCH3 is 2. The zero-order valence-electron chi connectivity index (χ0n) is 30.0. The van der Waals surface area contributed by atoms with Crippen LogP contribution in [0.4, 0.5) is 0 Å². The van der Waals surface area contributed by atoms with Crippen LogP contribution in [-0.2, 0) is 36.8 Å². The predicted molar refractivity (Wildman–Crippen MR) is 195 cm³/mol. The van der Waals surface area contributed by atoms with Crippen molar-refractivity contribution >= 4 is 41.4 Å². The molecule has 0 spiro atoms. The average molecular weight is 663 g/mol. The lowest BCUT2D eigenvalue weighted by Crippen LogP contribution is -2.18. The van der Waals surface area contributed by atoms with E-state index in [2.05, 4.69) is 58.7 Å². The molecule has 2 aromatic rings. The van der Waals surface area contributed by atoms with Crippen LogP contribution in [0.3, 0.4) is 0 Å². The summed E-state index contributed by atoms with van der Waals surface area (Å²) >= 11 is 0. The number of carbonyl (C=O) groups is 2. The third kappa shape index (κ3) is 7.36. The van der Waals surface area contributed by atoms with Crippen LogP contribution in [0.15, 0.2) is 90.8 Å². The van der Waals surface area contributed by atoms with Gasteiger partial charge in [0, 0.05) is 23.2 Å². The second-order valence-electron chi connectivity index (χ2n) is 13.1. The van der Waals surface area contributed by atoms with Gasteiger partial charge in [-0.15, -0.1) is 0 Å². The lowest BCUT2D eigenvalue weighted by molar-refractivity contribution is -0.143. The van der Waals surface area contributed by atoms with Gasteiger partial charge in [0.2, 0.25) is 0 Å². The number of allylic oxidation sites excluding steroid dienone is 5. The first-order chi connectivity index (χ1) is 23.4. The Kier molecular flexibility index (Phi) is 10.5. The number of ether oxygens (including phenoxy) is 3. The molecule has 3 aliphatic rings. The molecule has 0 saturated carbocycles. The van der Waals surface area contributed by atoms with E-state index >= 15 is 0 Å². The van der Waals surface area contributed by atoms with Crippen LogP contribution in [0.1, 0.15) is 88.9 Å². The molecule has 9 nitrogen and oxygen atoms in total. The maximum atomic E-state index is 12.9. The Hall–Kier alpha value is -5.05. The van der Waals surface area contributed by atoms with Crippen LogP contribution in [0.2, 0.25) is 0 Å². The topological polar surface area (TPSA) is 115 Å². The lowest BCUT2D eigenvalue weighted by atomic mass is 9.87. The summed E-state index contributed by atoms with van der Waals surface area (Å²) in [6.45, 7) is 14.8. The minimum absolute atomic E-state index is 0.118. The van der Waals surface area contributed by atoms with Crippen LogP contribution in [0, 0.1) is 12.3 Å². The molecule has 1 aromatic carbocycles. The number of hydrogen-bond acceptors (Lipinski definition) is 8. The van der Waals surface area contributed by atoms with Crippen LogP contribution < -0.4 is 0 Å². The number of hydrogen-bond donors (Lipinski definition) is 1. The molecule has 256 valence electrons. The fourth-order valence-electron chi connectivity index (χ4n) is 6.48. The number of aromatic nitrogens is 1. The van der Waals surface area contributed by atoms with Crippen molar-refractivity contribution in [3.05, 3.63) is 104 Å². The quantitative estimate of drug-likeness (QED) is 0.258. The summed E-state index contributed by atoms with van der Waals surface area (Å²) in [7, 11) is 2.99. The Morgan fingerprint density at radius 3 is 2.24 bits per heavy atom. The van der Waals surface area contributed by atoms with Crippen LogP contribution in [0.25, 0.3) is 12.2 Å². The van der Waals surface area contributed by atoms with E-state index in [9.17, 15) is 9.59 Å². The molecular weight excluding hydrogens is 616 g/mol. The Morgan fingerprint density at radius 2 is 1.61 bits per heavy atom. The SMILES string of the molecule is CCC1=C(C)/C(=C/c2[nH]c(/C=C3\N=C(OC)CC3(C)C)c(CC)c2C)N=C1/C=C1\N=C(CC(=O)OCc2ccccc2)C(C(=O)OC)=C1C. The average Bonchev–Trinajstić information content (AvgIpc) is 3.76. The fourth-order valence-corrected chi connectivity index (χ4v) is 6.48. The summed E-state index contributed by atoms with van der Waals surface area (Å²) in [6, 6.07) is 9.45. The molecule has 49 heavy (non-hydrogen) atoms. The van der Waals surface area contributed by atoms with Crippen molar-refractivity contribution in [2.75, 3.05) is 14.2 Å². The molecule has 4 heterocycles. The number of aliphatic imine (C=N–C) groups is 3. The maximum absolute atomic E-state index is 12.9. The van der Waals surface area contributed by atoms with Gasteiger partial charge in [0.05, 0.1) is 54.7 Å². The molecule has 3 aliphatic heterocycles. The van der Waals surface area contributed by atoms with Gasteiger partial charge in [0.1, 0.15) is 6.61 Å². The summed E-state index contributed by atoms with van der Waals surface area (Å²) in [6.07, 6.45) is 8.39. The van der Waals surface area contributed by atoms with Crippen molar-refractivity contribution < 1.29 is 23.8 Å². The number of nitrogens with zero attached hydrogens (tertiary/aromatic N) is 3. The first-order valence-corrected chi connectivity index (χ1v) is 16.7. The van der Waals surface area contributed by atoms with Crippen molar-refractivity contribution in [3.8, 4) is 0 Å². The van der Waals surface area contributed by atoms with Crippen LogP contribution in [0.5, 0.6) is 0 Å². The zero-order valence-corrected chi connectivity index (χ0v) is 30.0. The minimum Gasteiger partial charge on any atom is -0.484 e. The summed E-state index contributed by atoms with van der Waals surface area (Å²) in [5.41, 5.74) is 11.8. The minimum atomic E-state index is -0.545. The van der Waals surface area contributed by atoms with E-state index in [1.807, 2.05) is 43.3 Å². The van der Waals surface area contributed by atoms with Gasteiger partial charge >= 0.3 is 11.9 Å². The second-order valence-corrected chi connectivity index (χ2v) is 13.1. The van der Waals surface area contributed by atoms with Gasteiger partial charge in [-0.2, -0.15) is 0 Å². The monoisotopic (exact) mass is 662 g/mol. The molecule has 1 N–H and O–H groups in total. The molecule has 0 amide bonds. The summed E-state index contributed by atoms with van der Waals surface area (Å²) in [5, 5.41) is 0. The smallest absolute Gasteiger partial charge is 0.340 e. The first-order valence-electron chi connectivity index (χ1n) is 16.7. The summed E-state index contributed by atoms with van der Waals surface area (Å²) in [4.78, 5) is 43.9. The van der Waals surface area contributed by atoms with Gasteiger partial charge in [-0.05, 0) is 85.3 Å². The van der Waals surface area contributed by atoms with Crippen LogP contribution >= 0.6 is 0 Å². The molecule has 0 radical (unpaired) electrons. The Bertz CT molecular complexity index is 1930. The highest BCUT2D eigenvalue weighted by Gasteiger charge is 2.33. The number of esters is 2. The van der Waals surface area contributed by atoms with Gasteiger partial charge in [-0.25, -0.2) is 14.8 Å². The Balaban J connectivity index is 1.47. The Morgan fingerprint density at radius 1 is 0.898 bits per heavy atom. The summed E-state index contributed by atoms with van der Waals surface area (Å²) < 4.78 is 16.0. The third-order valence-corrected chi connectivity index (χ3v) is 9.40. The number of aromatic amines is 1. The van der Waals surface area contributed by atoms with Crippen molar-refractivity contribution in [3.63, 3.8) is 0 Å². The zero-order chi connectivity index (χ0) is 35.5. The van der Waals surface area contributed by atoms with Gasteiger partial charge in [-0.3, -0.25) is 9.79 Å². The largest absolute Gasteiger partial charge is 0.484 e. The van der Waals surface area contributed by atoms with Crippen molar-refractivity contribution in [1.82, 2.24) is 4.98 Å². The lowest BCUT2D eigenvalue weighted by Gasteiger charge is -2.17. The van der Waals surface area contributed by atoms with E-state index in [0.29, 0.717) is 17.0 Å². The van der Waals surface area contributed by atoms with E-state index in [0.717, 1.165) is 70.4 Å². The number of rotatable bonds is 10. The van der Waals surface area contributed by atoms with Crippen molar-refractivity contribution in [1.29, 1.82) is 0 Å². The van der Waals surface area contributed by atoms with E-state index in [1.54, 1.807) is 7.11 Å². The van der Waals surface area contributed by atoms with Gasteiger partial charge < -0.3 is 19.2 Å². The molecule has 0 aliphatic carbocycles. The number of carbonyl (C=O) groups excluding carboxylic acids is 2.